The van der Waals surface area contributed by atoms with Crippen LogP contribution in [-0.4, -0.2) is 11.8 Å². The predicted octanol–water partition coefficient (Wildman–Crippen LogP) is 3.22. The molecular weight excluding hydrogens is 299 g/mol. The molecule has 0 aromatic heterocycles. The molecule has 2 atom stereocenters. The lowest BCUT2D eigenvalue weighted by molar-refractivity contribution is -0.131. The zero-order valence-electron chi connectivity index (χ0n) is 10.9. The number of nitrogens with one attached hydrogen (secondary N) is 1. The number of hydrogen-bond acceptors (Lipinski definition) is 2. The van der Waals surface area contributed by atoms with Gasteiger partial charge in [0.15, 0.2) is 0 Å². The molecule has 2 rings (SSSR count). The van der Waals surface area contributed by atoms with E-state index in [0.29, 0.717) is 28.6 Å². The molecule has 0 spiro atoms. The topological polar surface area (TPSA) is 72.2 Å². The molecule has 4 nitrogen and oxygen atoms in total. The average Bonchev–Trinajstić information content (AvgIpc) is 2.43. The van der Waals surface area contributed by atoms with Gasteiger partial charge in [0.2, 0.25) is 11.8 Å². The maximum Gasteiger partial charge on any atom is 0.228 e. The highest BCUT2D eigenvalue weighted by Gasteiger charge is 2.34. The van der Waals surface area contributed by atoms with Gasteiger partial charge in [-0.25, -0.2) is 0 Å². The second kappa shape index (κ2) is 6.46. The maximum absolute atomic E-state index is 12.3. The Labute approximate surface area is 127 Å². The molecule has 2 amide bonds. The smallest absolute Gasteiger partial charge is 0.228 e. The quantitative estimate of drug-likeness (QED) is 0.899. The van der Waals surface area contributed by atoms with E-state index < -0.39 is 5.91 Å². The monoisotopic (exact) mass is 314 g/mol. The van der Waals surface area contributed by atoms with Crippen molar-refractivity contribution in [1.82, 2.24) is 0 Å². The predicted molar refractivity (Wildman–Crippen MR) is 79.7 cm³/mol. The zero-order chi connectivity index (χ0) is 14.7. The van der Waals surface area contributed by atoms with E-state index in [2.05, 4.69) is 5.32 Å². The average molecular weight is 315 g/mol. The Morgan fingerprint density at radius 1 is 1.10 bits per heavy atom. The molecule has 1 aliphatic rings. The van der Waals surface area contributed by atoms with Gasteiger partial charge in [0, 0.05) is 17.5 Å². The summed E-state index contributed by atoms with van der Waals surface area (Å²) in [6.07, 6.45) is 3.23. The van der Waals surface area contributed by atoms with E-state index in [1.165, 1.54) is 0 Å². The molecule has 0 bridgehead atoms. The molecule has 20 heavy (non-hydrogen) atoms. The SMILES string of the molecule is NC(=O)[C@@H]1CCCC[C@@H]1C(=O)Nc1ccc(Cl)c(Cl)c1. The Morgan fingerprint density at radius 2 is 1.75 bits per heavy atom. The van der Waals surface area contributed by atoms with E-state index in [1.54, 1.807) is 18.2 Å². The van der Waals surface area contributed by atoms with Crippen LogP contribution in [0.15, 0.2) is 18.2 Å². The minimum atomic E-state index is -0.404. The first-order chi connectivity index (χ1) is 9.49. The molecule has 6 heteroatoms. The van der Waals surface area contributed by atoms with Crippen molar-refractivity contribution in [3.63, 3.8) is 0 Å². The minimum absolute atomic E-state index is 0.188. The van der Waals surface area contributed by atoms with Crippen LogP contribution in [0, 0.1) is 11.8 Å². The van der Waals surface area contributed by atoms with Gasteiger partial charge in [-0.1, -0.05) is 36.0 Å². The molecule has 3 N–H and O–H groups in total. The first kappa shape index (κ1) is 15.1. The number of rotatable bonds is 3. The third-order valence-electron chi connectivity index (χ3n) is 3.66. The molecule has 1 fully saturated rings. The van der Waals surface area contributed by atoms with Gasteiger partial charge in [-0.3, -0.25) is 9.59 Å². The fourth-order valence-corrected chi connectivity index (χ4v) is 2.89. The molecule has 0 radical (unpaired) electrons. The van der Waals surface area contributed by atoms with E-state index in [0.717, 1.165) is 12.8 Å². The van der Waals surface area contributed by atoms with Gasteiger partial charge < -0.3 is 11.1 Å². The number of nitrogens with two attached hydrogens (primary N) is 1. The van der Waals surface area contributed by atoms with Crippen LogP contribution in [-0.2, 0) is 9.59 Å². The van der Waals surface area contributed by atoms with Gasteiger partial charge in [-0.05, 0) is 31.0 Å². The third kappa shape index (κ3) is 3.44. The zero-order valence-corrected chi connectivity index (χ0v) is 12.4. The number of hydrogen-bond donors (Lipinski definition) is 2. The van der Waals surface area contributed by atoms with Crippen molar-refractivity contribution < 1.29 is 9.59 Å². The summed E-state index contributed by atoms with van der Waals surface area (Å²) in [6, 6.07) is 4.88. The lowest BCUT2D eigenvalue weighted by atomic mass is 9.78. The largest absolute Gasteiger partial charge is 0.369 e. The van der Waals surface area contributed by atoms with Gasteiger partial charge in [-0.15, -0.1) is 0 Å². The summed E-state index contributed by atoms with van der Waals surface area (Å²) < 4.78 is 0. The third-order valence-corrected chi connectivity index (χ3v) is 4.39. The maximum atomic E-state index is 12.3. The Hall–Kier alpha value is -1.26. The van der Waals surface area contributed by atoms with Crippen LogP contribution in [0.5, 0.6) is 0 Å². The highest BCUT2D eigenvalue weighted by molar-refractivity contribution is 6.42. The Kier molecular flexibility index (Phi) is 4.89. The number of carbonyl (C=O) groups is 2. The second-order valence-electron chi connectivity index (χ2n) is 5.02. The summed E-state index contributed by atoms with van der Waals surface area (Å²) >= 11 is 11.7. The Balaban J connectivity index is 2.09. The van der Waals surface area contributed by atoms with Gasteiger partial charge in [-0.2, -0.15) is 0 Å². The number of benzene rings is 1. The second-order valence-corrected chi connectivity index (χ2v) is 5.83. The molecule has 0 unspecified atom stereocenters. The van der Waals surface area contributed by atoms with Crippen LogP contribution in [0.2, 0.25) is 10.0 Å². The number of halogens is 2. The van der Waals surface area contributed by atoms with Crippen LogP contribution >= 0.6 is 23.2 Å². The molecule has 0 heterocycles. The fraction of sp³-hybridized carbons (Fsp3) is 0.429. The molecule has 0 aliphatic heterocycles. The molecule has 108 valence electrons. The van der Waals surface area contributed by atoms with Crippen molar-refractivity contribution in [3.05, 3.63) is 28.2 Å². The van der Waals surface area contributed by atoms with Crippen LogP contribution in [0.25, 0.3) is 0 Å². The van der Waals surface area contributed by atoms with E-state index in [-0.39, 0.29) is 17.7 Å². The highest BCUT2D eigenvalue weighted by Crippen LogP contribution is 2.31. The standard InChI is InChI=1S/C14H16Cl2N2O2/c15-11-6-5-8(7-12(11)16)18-14(20)10-4-2-1-3-9(10)13(17)19/h5-7,9-10H,1-4H2,(H2,17,19)(H,18,20)/t9-,10+/m1/s1. The summed E-state index contributed by atoms with van der Waals surface area (Å²) in [5, 5.41) is 3.58. The molecule has 1 saturated carbocycles. The van der Waals surface area contributed by atoms with Crippen molar-refractivity contribution in [2.45, 2.75) is 25.7 Å². The van der Waals surface area contributed by atoms with E-state index >= 15 is 0 Å². The van der Waals surface area contributed by atoms with Crippen molar-refractivity contribution in [3.8, 4) is 0 Å². The molecule has 1 aromatic rings. The summed E-state index contributed by atoms with van der Waals surface area (Å²) in [7, 11) is 0. The van der Waals surface area contributed by atoms with Crippen molar-refractivity contribution in [1.29, 1.82) is 0 Å². The Morgan fingerprint density at radius 3 is 2.35 bits per heavy atom. The van der Waals surface area contributed by atoms with Crippen LogP contribution in [0.1, 0.15) is 25.7 Å². The van der Waals surface area contributed by atoms with Crippen molar-refractivity contribution >= 4 is 40.7 Å². The number of amides is 2. The fourth-order valence-electron chi connectivity index (χ4n) is 2.59. The number of carbonyl (C=O) groups excluding carboxylic acids is 2. The highest BCUT2D eigenvalue weighted by atomic mass is 35.5. The lowest BCUT2D eigenvalue weighted by Gasteiger charge is -2.28. The summed E-state index contributed by atoms with van der Waals surface area (Å²) in [5.41, 5.74) is 5.94. The van der Waals surface area contributed by atoms with Gasteiger partial charge in [0.05, 0.1) is 10.0 Å². The van der Waals surface area contributed by atoms with E-state index in [1.807, 2.05) is 0 Å². The molecule has 1 aromatic carbocycles. The first-order valence-electron chi connectivity index (χ1n) is 6.54. The van der Waals surface area contributed by atoms with E-state index in [4.69, 9.17) is 28.9 Å². The normalized spacial score (nSPS) is 22.3. The van der Waals surface area contributed by atoms with Crippen molar-refractivity contribution in [2.24, 2.45) is 17.6 Å². The first-order valence-corrected chi connectivity index (χ1v) is 7.30. The molecule has 0 saturated heterocycles. The summed E-state index contributed by atoms with van der Waals surface area (Å²) in [6.45, 7) is 0. The number of anilines is 1. The molecular formula is C14H16Cl2N2O2. The van der Waals surface area contributed by atoms with Crippen LogP contribution in [0.3, 0.4) is 0 Å². The van der Waals surface area contributed by atoms with Crippen LogP contribution < -0.4 is 11.1 Å². The molecule has 1 aliphatic carbocycles. The van der Waals surface area contributed by atoms with Crippen molar-refractivity contribution in [2.75, 3.05) is 5.32 Å². The van der Waals surface area contributed by atoms with Gasteiger partial charge in [0.25, 0.3) is 0 Å². The Bertz CT molecular complexity index is 534. The summed E-state index contributed by atoms with van der Waals surface area (Å²) in [5.74, 6) is -1.34. The van der Waals surface area contributed by atoms with E-state index in [9.17, 15) is 9.59 Å². The van der Waals surface area contributed by atoms with Crippen LogP contribution in [0.4, 0.5) is 5.69 Å². The minimum Gasteiger partial charge on any atom is -0.369 e. The van der Waals surface area contributed by atoms with Gasteiger partial charge in [0.1, 0.15) is 0 Å². The number of primary amides is 1. The van der Waals surface area contributed by atoms with Gasteiger partial charge >= 0.3 is 0 Å². The lowest BCUT2D eigenvalue weighted by Crippen LogP contribution is -2.39. The summed E-state index contributed by atoms with van der Waals surface area (Å²) in [4.78, 5) is 23.7.